The van der Waals surface area contributed by atoms with Gasteiger partial charge in [-0.1, -0.05) is 57.5 Å². The third-order valence-corrected chi connectivity index (χ3v) is 4.00. The van der Waals surface area contributed by atoms with E-state index >= 15 is 0 Å². The highest BCUT2D eigenvalue weighted by atomic mass is 14.7. The Labute approximate surface area is 131 Å². The molecule has 0 unspecified atom stereocenters. The van der Waals surface area contributed by atoms with Gasteiger partial charge in [-0.3, -0.25) is 4.98 Å². The predicted octanol–water partition coefficient (Wildman–Crippen LogP) is 2.79. The van der Waals surface area contributed by atoms with Crippen LogP contribution in [0.2, 0.25) is 0 Å². The van der Waals surface area contributed by atoms with Crippen molar-refractivity contribution < 1.29 is 0 Å². The van der Waals surface area contributed by atoms with Crippen LogP contribution in [0.4, 0.5) is 0 Å². The van der Waals surface area contributed by atoms with Crippen molar-refractivity contribution >= 4 is 15.7 Å². The van der Waals surface area contributed by atoms with Crippen LogP contribution in [0.25, 0.3) is 11.3 Å². The van der Waals surface area contributed by atoms with Gasteiger partial charge in [0.05, 0.1) is 5.69 Å². The molecular formula is C18H25B2N. The minimum atomic E-state index is 0.149. The van der Waals surface area contributed by atoms with E-state index in [1.54, 1.807) is 0 Å². The number of pyridine rings is 1. The monoisotopic (exact) mass is 277 g/mol. The number of benzene rings is 1. The van der Waals surface area contributed by atoms with Crippen molar-refractivity contribution in [2.24, 2.45) is 0 Å². The molecule has 0 fully saturated rings. The molecule has 1 heterocycles. The molecule has 1 aromatic carbocycles. The average Bonchev–Trinajstić information content (AvgIpc) is 2.36. The molecule has 0 aliphatic heterocycles. The summed E-state index contributed by atoms with van der Waals surface area (Å²) in [6.07, 6.45) is 2.01. The second kappa shape index (κ2) is 5.36. The Kier molecular flexibility index (Phi) is 4.06. The molecule has 1 nitrogen and oxygen atoms in total. The Balaban J connectivity index is 2.39. The van der Waals surface area contributed by atoms with Crippen LogP contribution < -0.4 is 0 Å². The zero-order chi connectivity index (χ0) is 15.8. The number of aryl methyl sites for hydroxylation is 1. The molecule has 2 aromatic rings. The average molecular weight is 277 g/mol. The van der Waals surface area contributed by atoms with Gasteiger partial charge in [-0.05, 0) is 34.7 Å². The van der Waals surface area contributed by atoms with Crippen molar-refractivity contribution in [1.29, 1.82) is 0 Å². The first-order valence-electron chi connectivity index (χ1n) is 7.67. The molecule has 0 spiro atoms. The van der Waals surface area contributed by atoms with Gasteiger partial charge in [-0.2, -0.15) is 0 Å². The molecule has 108 valence electrons. The molecule has 0 radical (unpaired) electrons. The van der Waals surface area contributed by atoms with E-state index in [0.717, 1.165) is 5.69 Å². The second-order valence-electron chi connectivity index (χ2n) is 7.96. The van der Waals surface area contributed by atoms with Gasteiger partial charge in [0.25, 0.3) is 0 Å². The Morgan fingerprint density at radius 2 is 1.43 bits per heavy atom. The standard InChI is InChI=1S/C18H25B2N/c1-12-10-13(17(2,3)19)6-8-15(12)16-9-7-14(11-21-16)18(4,5)20/h6-11H,19-20H2,1-5H3. The van der Waals surface area contributed by atoms with Crippen molar-refractivity contribution in [3.63, 3.8) is 0 Å². The fourth-order valence-corrected chi connectivity index (χ4v) is 2.41. The van der Waals surface area contributed by atoms with Crippen molar-refractivity contribution in [2.45, 2.75) is 45.2 Å². The summed E-state index contributed by atoms with van der Waals surface area (Å²) in [7, 11) is 4.46. The van der Waals surface area contributed by atoms with E-state index < -0.39 is 0 Å². The molecule has 3 heteroatoms. The van der Waals surface area contributed by atoms with Gasteiger partial charge < -0.3 is 0 Å². The first-order valence-corrected chi connectivity index (χ1v) is 7.67. The fourth-order valence-electron chi connectivity index (χ4n) is 2.41. The maximum Gasteiger partial charge on any atom is 0.114 e. The Hall–Kier alpha value is -1.50. The van der Waals surface area contributed by atoms with Crippen LogP contribution in [0, 0.1) is 6.92 Å². The highest BCUT2D eigenvalue weighted by Crippen LogP contribution is 2.28. The van der Waals surface area contributed by atoms with Crippen LogP contribution in [-0.2, 0) is 10.6 Å². The summed E-state index contributed by atoms with van der Waals surface area (Å²) >= 11 is 0. The number of aromatic nitrogens is 1. The fraction of sp³-hybridized carbons (Fsp3) is 0.389. The van der Waals surface area contributed by atoms with Crippen LogP contribution in [-0.4, -0.2) is 20.7 Å². The maximum absolute atomic E-state index is 4.67. The lowest BCUT2D eigenvalue weighted by molar-refractivity contribution is 0.758. The summed E-state index contributed by atoms with van der Waals surface area (Å²) in [5.74, 6) is 0. The van der Waals surface area contributed by atoms with E-state index in [9.17, 15) is 0 Å². The Morgan fingerprint density at radius 3 is 1.86 bits per heavy atom. The summed E-state index contributed by atoms with van der Waals surface area (Å²) in [4.78, 5) is 4.67. The lowest BCUT2D eigenvalue weighted by Crippen LogP contribution is -2.17. The molecule has 0 saturated heterocycles. The topological polar surface area (TPSA) is 12.9 Å². The zero-order valence-corrected chi connectivity index (χ0v) is 14.4. The molecule has 0 aliphatic carbocycles. The molecule has 1 aromatic heterocycles. The van der Waals surface area contributed by atoms with Gasteiger partial charge in [-0.15, -0.1) is 0 Å². The van der Waals surface area contributed by atoms with Crippen LogP contribution >= 0.6 is 0 Å². The van der Waals surface area contributed by atoms with E-state index in [1.165, 1.54) is 22.3 Å². The van der Waals surface area contributed by atoms with Crippen LogP contribution in [0.3, 0.4) is 0 Å². The summed E-state index contributed by atoms with van der Waals surface area (Å²) in [5, 5.41) is 0.337. The number of hydrogen-bond donors (Lipinski definition) is 0. The molecule has 0 saturated carbocycles. The minimum Gasteiger partial charge on any atom is -0.256 e. The van der Waals surface area contributed by atoms with Crippen LogP contribution in [0.5, 0.6) is 0 Å². The van der Waals surface area contributed by atoms with E-state index in [-0.39, 0.29) is 10.6 Å². The second-order valence-corrected chi connectivity index (χ2v) is 7.96. The first kappa shape index (κ1) is 15.9. The molecule has 0 bridgehead atoms. The maximum atomic E-state index is 4.67. The lowest BCUT2D eigenvalue weighted by atomic mass is 9.67. The van der Waals surface area contributed by atoms with Crippen molar-refractivity contribution in [2.75, 3.05) is 0 Å². The molecule has 0 aliphatic rings. The predicted molar refractivity (Wildman–Crippen MR) is 97.6 cm³/mol. The smallest absolute Gasteiger partial charge is 0.114 e. The summed E-state index contributed by atoms with van der Waals surface area (Å²) in [6.45, 7) is 11.1. The van der Waals surface area contributed by atoms with Crippen molar-refractivity contribution in [1.82, 2.24) is 4.98 Å². The van der Waals surface area contributed by atoms with Crippen LogP contribution in [0.15, 0.2) is 36.5 Å². The van der Waals surface area contributed by atoms with Gasteiger partial charge in [0, 0.05) is 11.8 Å². The van der Waals surface area contributed by atoms with Gasteiger partial charge in [-0.25, -0.2) is 0 Å². The van der Waals surface area contributed by atoms with Gasteiger partial charge in [0.1, 0.15) is 15.7 Å². The van der Waals surface area contributed by atoms with Gasteiger partial charge >= 0.3 is 0 Å². The summed E-state index contributed by atoms with van der Waals surface area (Å²) < 4.78 is 0. The Bertz CT molecular complexity index is 632. The molecular weight excluding hydrogens is 252 g/mol. The van der Waals surface area contributed by atoms with E-state index in [4.69, 9.17) is 0 Å². The molecule has 0 N–H and O–H groups in total. The normalized spacial score (nSPS) is 12.4. The Morgan fingerprint density at radius 1 is 0.857 bits per heavy atom. The quantitative estimate of drug-likeness (QED) is 0.786. The van der Waals surface area contributed by atoms with E-state index in [0.29, 0.717) is 0 Å². The van der Waals surface area contributed by atoms with Crippen molar-refractivity contribution in [3.8, 4) is 11.3 Å². The largest absolute Gasteiger partial charge is 0.256 e. The molecule has 0 atom stereocenters. The number of hydrogen-bond acceptors (Lipinski definition) is 1. The van der Waals surface area contributed by atoms with Crippen LogP contribution in [0.1, 0.15) is 44.4 Å². The highest BCUT2D eigenvalue weighted by molar-refractivity contribution is 6.15. The lowest BCUT2D eigenvalue weighted by Gasteiger charge is -2.21. The first-order chi connectivity index (χ1) is 9.59. The summed E-state index contributed by atoms with van der Waals surface area (Å²) in [5.41, 5.74) is 6.22. The van der Waals surface area contributed by atoms with Crippen molar-refractivity contribution in [3.05, 3.63) is 53.2 Å². The van der Waals surface area contributed by atoms with E-state index in [1.807, 2.05) is 6.20 Å². The number of rotatable bonds is 3. The third-order valence-electron chi connectivity index (χ3n) is 4.00. The molecule has 0 amide bonds. The molecule has 21 heavy (non-hydrogen) atoms. The SMILES string of the molecule is BC(C)(C)c1ccc(-c2ccc(C(B)(C)C)cc2C)nc1. The minimum absolute atomic E-state index is 0.149. The summed E-state index contributed by atoms with van der Waals surface area (Å²) in [6, 6.07) is 11.0. The molecule has 2 rings (SSSR count). The number of nitrogens with zero attached hydrogens (tertiary/aromatic N) is 1. The van der Waals surface area contributed by atoms with Gasteiger partial charge in [0.2, 0.25) is 0 Å². The van der Waals surface area contributed by atoms with Gasteiger partial charge in [0.15, 0.2) is 0 Å². The third kappa shape index (κ3) is 3.58. The van der Waals surface area contributed by atoms with E-state index in [2.05, 4.69) is 85.6 Å². The highest BCUT2D eigenvalue weighted by Gasteiger charge is 2.16. The zero-order valence-electron chi connectivity index (χ0n) is 14.4.